The first-order valence-corrected chi connectivity index (χ1v) is 5.12. The number of hydrogen-bond acceptors (Lipinski definition) is 6. The van der Waals surface area contributed by atoms with Gasteiger partial charge in [0.2, 0.25) is 11.8 Å². The number of hydrogen-bond donors (Lipinski definition) is 2. The minimum atomic E-state index is -0.125. The van der Waals surface area contributed by atoms with Crippen LogP contribution in [0.15, 0.2) is 12.4 Å². The summed E-state index contributed by atoms with van der Waals surface area (Å²) >= 11 is 0. The third-order valence-electron chi connectivity index (χ3n) is 1.91. The number of carbonyl (C=O) groups excluding carboxylic acids is 1. The van der Waals surface area contributed by atoms with E-state index in [2.05, 4.69) is 20.6 Å². The molecule has 0 saturated carbocycles. The standard InChI is InChI=1S/C10H16N4O3/c1-16-4-3-11-9(15)6-12-8-5-10(17-2)14-7-13-8/h5,7H,3-4,6H2,1-2H3,(H,11,15)(H,12,13,14). The number of rotatable bonds is 7. The molecule has 1 heterocycles. The van der Waals surface area contributed by atoms with Crippen molar-refractivity contribution in [1.29, 1.82) is 0 Å². The van der Waals surface area contributed by atoms with E-state index in [1.165, 1.54) is 13.4 Å². The lowest BCUT2D eigenvalue weighted by Gasteiger charge is -2.07. The summed E-state index contributed by atoms with van der Waals surface area (Å²) in [5, 5.41) is 5.54. The van der Waals surface area contributed by atoms with E-state index in [4.69, 9.17) is 9.47 Å². The van der Waals surface area contributed by atoms with E-state index in [0.717, 1.165) is 0 Å². The van der Waals surface area contributed by atoms with Gasteiger partial charge in [0.1, 0.15) is 12.1 Å². The summed E-state index contributed by atoms with van der Waals surface area (Å²) in [6.07, 6.45) is 1.37. The van der Waals surface area contributed by atoms with Crippen molar-refractivity contribution in [1.82, 2.24) is 15.3 Å². The van der Waals surface area contributed by atoms with Crippen LogP contribution in [0.25, 0.3) is 0 Å². The Kier molecular flexibility index (Phi) is 5.73. The highest BCUT2D eigenvalue weighted by atomic mass is 16.5. The molecule has 94 valence electrons. The largest absolute Gasteiger partial charge is 0.481 e. The van der Waals surface area contributed by atoms with E-state index in [-0.39, 0.29) is 12.5 Å². The summed E-state index contributed by atoms with van der Waals surface area (Å²) in [5.74, 6) is 0.862. The molecule has 0 bridgehead atoms. The zero-order valence-electron chi connectivity index (χ0n) is 9.90. The van der Waals surface area contributed by atoms with Crippen molar-refractivity contribution in [3.63, 3.8) is 0 Å². The summed E-state index contributed by atoms with van der Waals surface area (Å²) in [4.78, 5) is 19.1. The van der Waals surface area contributed by atoms with Gasteiger partial charge in [-0.05, 0) is 0 Å². The fourth-order valence-electron chi connectivity index (χ4n) is 1.07. The summed E-state index contributed by atoms with van der Waals surface area (Å²) in [6.45, 7) is 1.13. The molecular formula is C10H16N4O3. The van der Waals surface area contributed by atoms with E-state index in [0.29, 0.717) is 24.8 Å². The van der Waals surface area contributed by atoms with Crippen LogP contribution in [-0.4, -0.2) is 49.8 Å². The van der Waals surface area contributed by atoms with Crippen molar-refractivity contribution in [2.45, 2.75) is 0 Å². The van der Waals surface area contributed by atoms with Crippen LogP contribution in [0.5, 0.6) is 5.88 Å². The molecule has 0 aliphatic carbocycles. The molecule has 0 spiro atoms. The maximum absolute atomic E-state index is 11.3. The number of aromatic nitrogens is 2. The number of nitrogens with one attached hydrogen (secondary N) is 2. The number of carbonyl (C=O) groups is 1. The van der Waals surface area contributed by atoms with Gasteiger partial charge in [-0.3, -0.25) is 4.79 Å². The van der Waals surface area contributed by atoms with Gasteiger partial charge in [0, 0.05) is 19.7 Å². The maximum atomic E-state index is 11.3. The second-order valence-corrected chi connectivity index (χ2v) is 3.14. The Morgan fingerprint density at radius 1 is 1.41 bits per heavy atom. The van der Waals surface area contributed by atoms with Gasteiger partial charge in [-0.2, -0.15) is 0 Å². The van der Waals surface area contributed by atoms with Crippen molar-refractivity contribution in [3.8, 4) is 5.88 Å². The lowest BCUT2D eigenvalue weighted by molar-refractivity contribution is -0.119. The number of nitrogens with zero attached hydrogens (tertiary/aromatic N) is 2. The lowest BCUT2D eigenvalue weighted by Crippen LogP contribution is -2.32. The molecule has 0 aliphatic heterocycles. The van der Waals surface area contributed by atoms with E-state index in [1.807, 2.05) is 0 Å². The first kappa shape index (κ1) is 13.2. The Bertz CT molecular complexity index is 359. The smallest absolute Gasteiger partial charge is 0.239 e. The summed E-state index contributed by atoms with van der Waals surface area (Å²) in [7, 11) is 3.10. The van der Waals surface area contributed by atoms with Gasteiger partial charge >= 0.3 is 0 Å². The van der Waals surface area contributed by atoms with Gasteiger partial charge in [0.15, 0.2) is 0 Å². The molecule has 0 atom stereocenters. The van der Waals surface area contributed by atoms with Gasteiger partial charge in [0.05, 0.1) is 20.3 Å². The minimum absolute atomic E-state index is 0.125. The third kappa shape index (κ3) is 5.12. The fourth-order valence-corrected chi connectivity index (χ4v) is 1.07. The second-order valence-electron chi connectivity index (χ2n) is 3.14. The van der Waals surface area contributed by atoms with Crippen molar-refractivity contribution >= 4 is 11.7 Å². The van der Waals surface area contributed by atoms with Crippen LogP contribution in [0, 0.1) is 0 Å². The highest BCUT2D eigenvalue weighted by molar-refractivity contribution is 5.80. The van der Waals surface area contributed by atoms with Gasteiger partial charge in [0.25, 0.3) is 0 Å². The average molecular weight is 240 g/mol. The Hall–Kier alpha value is -1.89. The molecule has 1 aromatic heterocycles. The van der Waals surface area contributed by atoms with Crippen LogP contribution < -0.4 is 15.4 Å². The normalized spacial score (nSPS) is 9.76. The maximum Gasteiger partial charge on any atom is 0.239 e. The van der Waals surface area contributed by atoms with Crippen molar-refractivity contribution in [2.75, 3.05) is 39.2 Å². The molecule has 0 fully saturated rings. The molecule has 7 nitrogen and oxygen atoms in total. The molecule has 2 N–H and O–H groups in total. The molecule has 0 aliphatic rings. The molecule has 17 heavy (non-hydrogen) atoms. The van der Waals surface area contributed by atoms with E-state index in [9.17, 15) is 4.79 Å². The Balaban J connectivity index is 2.31. The van der Waals surface area contributed by atoms with Crippen LogP contribution in [0.3, 0.4) is 0 Å². The van der Waals surface area contributed by atoms with Crippen molar-refractivity contribution in [2.24, 2.45) is 0 Å². The molecule has 0 saturated heterocycles. The van der Waals surface area contributed by atoms with E-state index in [1.54, 1.807) is 13.2 Å². The monoisotopic (exact) mass is 240 g/mol. The molecule has 7 heteroatoms. The molecule has 1 aromatic rings. The predicted molar refractivity (Wildman–Crippen MR) is 62.0 cm³/mol. The van der Waals surface area contributed by atoms with Gasteiger partial charge in [-0.15, -0.1) is 0 Å². The van der Waals surface area contributed by atoms with Crippen molar-refractivity contribution < 1.29 is 14.3 Å². The SMILES string of the molecule is COCCNC(=O)CNc1cc(OC)ncn1. The zero-order chi connectivity index (χ0) is 12.5. The molecule has 0 radical (unpaired) electrons. The Labute approximate surface area is 99.5 Å². The highest BCUT2D eigenvalue weighted by Gasteiger charge is 2.02. The van der Waals surface area contributed by atoms with Crippen LogP contribution in [0.4, 0.5) is 5.82 Å². The number of amides is 1. The third-order valence-corrected chi connectivity index (χ3v) is 1.91. The number of ether oxygens (including phenoxy) is 2. The quantitative estimate of drug-likeness (QED) is 0.634. The molecule has 0 aromatic carbocycles. The van der Waals surface area contributed by atoms with E-state index >= 15 is 0 Å². The van der Waals surface area contributed by atoms with Gasteiger partial charge < -0.3 is 20.1 Å². The number of methoxy groups -OCH3 is 2. The van der Waals surface area contributed by atoms with Crippen LogP contribution in [0.1, 0.15) is 0 Å². The summed E-state index contributed by atoms with van der Waals surface area (Å²) in [6, 6.07) is 1.61. The first-order valence-electron chi connectivity index (χ1n) is 5.12. The molecule has 1 rings (SSSR count). The zero-order valence-corrected chi connectivity index (χ0v) is 9.90. The highest BCUT2D eigenvalue weighted by Crippen LogP contribution is 2.09. The predicted octanol–water partition coefficient (Wildman–Crippen LogP) is -0.340. The first-order chi connectivity index (χ1) is 8.26. The van der Waals surface area contributed by atoms with Crippen LogP contribution in [0.2, 0.25) is 0 Å². The molecule has 0 unspecified atom stereocenters. The Morgan fingerprint density at radius 3 is 2.94 bits per heavy atom. The summed E-state index contributed by atoms with van der Waals surface area (Å²) in [5.41, 5.74) is 0. The topological polar surface area (TPSA) is 85.4 Å². The summed E-state index contributed by atoms with van der Waals surface area (Å²) < 4.78 is 9.75. The van der Waals surface area contributed by atoms with E-state index < -0.39 is 0 Å². The van der Waals surface area contributed by atoms with Gasteiger partial charge in [-0.1, -0.05) is 0 Å². The van der Waals surface area contributed by atoms with Crippen LogP contribution in [-0.2, 0) is 9.53 Å². The van der Waals surface area contributed by atoms with Crippen molar-refractivity contribution in [3.05, 3.63) is 12.4 Å². The second kappa shape index (κ2) is 7.39. The fraction of sp³-hybridized carbons (Fsp3) is 0.500. The lowest BCUT2D eigenvalue weighted by atomic mass is 10.5. The Morgan fingerprint density at radius 2 is 2.24 bits per heavy atom. The van der Waals surface area contributed by atoms with Gasteiger partial charge in [-0.25, -0.2) is 9.97 Å². The van der Waals surface area contributed by atoms with Crippen LogP contribution >= 0.6 is 0 Å². The minimum Gasteiger partial charge on any atom is -0.481 e. The molecule has 1 amide bonds. The molecular weight excluding hydrogens is 224 g/mol. The number of anilines is 1. The average Bonchev–Trinajstić information content (AvgIpc) is 2.37.